The number of likely N-dealkylation sites (N-methyl/N-ethyl adjacent to an activating group) is 1. The molecule has 1 atom stereocenters. The van der Waals surface area contributed by atoms with Crippen LogP contribution in [0.4, 0.5) is 4.79 Å². The van der Waals surface area contributed by atoms with E-state index in [1.54, 1.807) is 0 Å². The van der Waals surface area contributed by atoms with Gasteiger partial charge >= 0.3 is 12.1 Å². The SMILES string of the molecule is CN1CCN(CC(C)(C)CC(NC(=O)OCC2c3ccccc3-c3ccccc32)C(=O)O)CC1. The van der Waals surface area contributed by atoms with Gasteiger partial charge in [0.25, 0.3) is 0 Å². The van der Waals surface area contributed by atoms with Crippen molar-refractivity contribution < 1.29 is 19.4 Å². The first-order valence-electron chi connectivity index (χ1n) is 12.0. The monoisotopic (exact) mass is 465 g/mol. The van der Waals surface area contributed by atoms with Crippen molar-refractivity contribution in [2.45, 2.75) is 32.2 Å². The molecule has 1 heterocycles. The van der Waals surface area contributed by atoms with Crippen LogP contribution in [0, 0.1) is 5.41 Å². The van der Waals surface area contributed by atoms with Crippen molar-refractivity contribution in [2.24, 2.45) is 5.41 Å². The van der Waals surface area contributed by atoms with E-state index in [1.807, 2.05) is 24.3 Å². The molecule has 182 valence electrons. The van der Waals surface area contributed by atoms with E-state index in [4.69, 9.17) is 4.74 Å². The maximum atomic E-state index is 12.6. The Balaban J connectivity index is 1.35. The number of amides is 1. The average Bonchev–Trinajstić information content (AvgIpc) is 3.12. The summed E-state index contributed by atoms with van der Waals surface area (Å²) in [6.45, 7) is 9.02. The Kier molecular flexibility index (Phi) is 7.24. The molecule has 2 aliphatic rings. The summed E-state index contributed by atoms with van der Waals surface area (Å²) in [5.74, 6) is -1.10. The lowest BCUT2D eigenvalue weighted by Gasteiger charge is -2.38. The zero-order chi connectivity index (χ0) is 24.3. The van der Waals surface area contributed by atoms with E-state index in [-0.39, 0.29) is 17.9 Å². The highest BCUT2D eigenvalue weighted by atomic mass is 16.5. The Morgan fingerprint density at radius 3 is 2.15 bits per heavy atom. The zero-order valence-electron chi connectivity index (χ0n) is 20.3. The van der Waals surface area contributed by atoms with Crippen LogP contribution in [-0.4, -0.2) is 79.4 Å². The number of benzene rings is 2. The second-order valence-corrected chi connectivity index (χ2v) is 10.3. The molecule has 0 radical (unpaired) electrons. The summed E-state index contributed by atoms with van der Waals surface area (Å²) in [6, 6.07) is 15.3. The van der Waals surface area contributed by atoms with E-state index >= 15 is 0 Å². The molecule has 0 spiro atoms. The number of nitrogens with zero attached hydrogens (tertiary/aromatic N) is 2. The van der Waals surface area contributed by atoms with Crippen LogP contribution in [0.3, 0.4) is 0 Å². The number of hydrogen-bond acceptors (Lipinski definition) is 5. The largest absolute Gasteiger partial charge is 0.480 e. The van der Waals surface area contributed by atoms with Gasteiger partial charge in [-0.2, -0.15) is 0 Å². The molecule has 2 N–H and O–H groups in total. The fraction of sp³-hybridized carbons (Fsp3) is 0.481. The smallest absolute Gasteiger partial charge is 0.407 e. The maximum Gasteiger partial charge on any atom is 0.407 e. The lowest BCUT2D eigenvalue weighted by atomic mass is 9.85. The van der Waals surface area contributed by atoms with Gasteiger partial charge in [-0.3, -0.25) is 0 Å². The molecule has 0 saturated carbocycles. The summed E-state index contributed by atoms with van der Waals surface area (Å²) in [5.41, 5.74) is 4.29. The molecule has 1 amide bonds. The second-order valence-electron chi connectivity index (χ2n) is 10.3. The summed E-state index contributed by atoms with van der Waals surface area (Å²) in [6.07, 6.45) is -0.358. The summed E-state index contributed by atoms with van der Waals surface area (Å²) in [7, 11) is 2.11. The average molecular weight is 466 g/mol. The van der Waals surface area contributed by atoms with Crippen LogP contribution in [-0.2, 0) is 9.53 Å². The molecule has 7 nitrogen and oxygen atoms in total. The molecule has 4 rings (SSSR count). The number of carbonyl (C=O) groups is 2. The number of alkyl carbamates (subject to hydrolysis) is 1. The van der Waals surface area contributed by atoms with Gasteiger partial charge in [0.1, 0.15) is 12.6 Å². The van der Waals surface area contributed by atoms with Crippen LogP contribution in [0.25, 0.3) is 11.1 Å². The van der Waals surface area contributed by atoms with Crippen LogP contribution in [0.1, 0.15) is 37.3 Å². The van der Waals surface area contributed by atoms with E-state index in [0.29, 0.717) is 6.42 Å². The normalized spacial score (nSPS) is 17.6. The molecule has 0 aromatic heterocycles. The van der Waals surface area contributed by atoms with E-state index < -0.39 is 18.1 Å². The zero-order valence-corrected chi connectivity index (χ0v) is 20.3. The van der Waals surface area contributed by atoms with Crippen LogP contribution in [0.2, 0.25) is 0 Å². The first-order chi connectivity index (χ1) is 16.2. The molecule has 0 bridgehead atoms. The van der Waals surface area contributed by atoms with Crippen molar-refractivity contribution in [3.05, 3.63) is 59.7 Å². The van der Waals surface area contributed by atoms with Crippen molar-refractivity contribution in [2.75, 3.05) is 46.4 Å². The first kappa shape index (κ1) is 24.2. The molecular formula is C27H35N3O4. The van der Waals surface area contributed by atoms with E-state index in [2.05, 4.69) is 60.3 Å². The summed E-state index contributed by atoms with van der Waals surface area (Å²) in [4.78, 5) is 29.2. The maximum absolute atomic E-state index is 12.6. The molecule has 7 heteroatoms. The van der Waals surface area contributed by atoms with Gasteiger partial charge in [-0.05, 0) is 41.1 Å². The fourth-order valence-corrected chi connectivity index (χ4v) is 5.21. The van der Waals surface area contributed by atoms with Gasteiger partial charge in [-0.25, -0.2) is 9.59 Å². The van der Waals surface area contributed by atoms with Gasteiger partial charge in [0, 0.05) is 38.6 Å². The third-order valence-corrected chi connectivity index (χ3v) is 6.94. The summed E-state index contributed by atoms with van der Waals surface area (Å²) in [5, 5.41) is 12.4. The third-order valence-electron chi connectivity index (χ3n) is 6.94. The standard InChI is InChI=1S/C27H35N3O4/c1-27(2,18-30-14-12-29(3)13-15-30)16-24(25(31)32)28-26(33)34-17-23-21-10-6-4-8-19(21)20-9-5-7-11-22(20)23/h4-11,23-24H,12-18H2,1-3H3,(H,28,33)(H,31,32). The molecule has 1 aliphatic heterocycles. The Hall–Kier alpha value is -2.90. The van der Waals surface area contributed by atoms with Crippen molar-refractivity contribution in [3.63, 3.8) is 0 Å². The van der Waals surface area contributed by atoms with Crippen LogP contribution in [0.5, 0.6) is 0 Å². The molecule has 2 aromatic carbocycles. The first-order valence-corrected chi connectivity index (χ1v) is 12.0. The van der Waals surface area contributed by atoms with Crippen molar-refractivity contribution in [1.82, 2.24) is 15.1 Å². The predicted octanol–water partition coefficient (Wildman–Crippen LogP) is 3.64. The Morgan fingerprint density at radius 2 is 1.59 bits per heavy atom. The van der Waals surface area contributed by atoms with Crippen LogP contribution >= 0.6 is 0 Å². The second kappa shape index (κ2) is 10.2. The minimum atomic E-state index is -1.04. The predicted molar refractivity (Wildman–Crippen MR) is 132 cm³/mol. The highest BCUT2D eigenvalue weighted by molar-refractivity contribution is 5.81. The van der Waals surface area contributed by atoms with Gasteiger partial charge in [-0.15, -0.1) is 0 Å². The van der Waals surface area contributed by atoms with Gasteiger partial charge < -0.3 is 25.0 Å². The topological polar surface area (TPSA) is 82.1 Å². The van der Waals surface area contributed by atoms with Crippen LogP contribution < -0.4 is 5.32 Å². The van der Waals surface area contributed by atoms with Gasteiger partial charge in [0.05, 0.1) is 0 Å². The van der Waals surface area contributed by atoms with Crippen LogP contribution in [0.15, 0.2) is 48.5 Å². The number of aliphatic carboxylic acids is 1. The number of carboxylic acids is 1. The molecular weight excluding hydrogens is 430 g/mol. The molecule has 1 aliphatic carbocycles. The van der Waals surface area contributed by atoms with Crippen molar-refractivity contribution >= 4 is 12.1 Å². The molecule has 1 unspecified atom stereocenters. The number of hydrogen-bond donors (Lipinski definition) is 2. The molecule has 2 aromatic rings. The number of rotatable bonds is 8. The third kappa shape index (κ3) is 5.59. The number of piperazine rings is 1. The fourth-order valence-electron chi connectivity index (χ4n) is 5.21. The Labute approximate surface area is 201 Å². The minimum absolute atomic E-state index is 0.0601. The number of nitrogens with one attached hydrogen (secondary N) is 1. The number of carboxylic acid groups (broad SMARTS) is 1. The lowest BCUT2D eigenvalue weighted by molar-refractivity contribution is -0.140. The van der Waals surface area contributed by atoms with E-state index in [9.17, 15) is 14.7 Å². The van der Waals surface area contributed by atoms with E-state index in [0.717, 1.165) is 55.0 Å². The number of fused-ring (bicyclic) bond motifs is 3. The van der Waals surface area contributed by atoms with Gasteiger partial charge in [-0.1, -0.05) is 62.4 Å². The highest BCUT2D eigenvalue weighted by Crippen LogP contribution is 2.44. The van der Waals surface area contributed by atoms with Crippen molar-refractivity contribution in [3.8, 4) is 11.1 Å². The van der Waals surface area contributed by atoms with Gasteiger partial charge in [0.15, 0.2) is 0 Å². The summed E-state index contributed by atoms with van der Waals surface area (Å²) >= 11 is 0. The van der Waals surface area contributed by atoms with Crippen molar-refractivity contribution in [1.29, 1.82) is 0 Å². The Bertz CT molecular complexity index is 985. The highest BCUT2D eigenvalue weighted by Gasteiger charge is 2.33. The molecule has 1 saturated heterocycles. The molecule has 34 heavy (non-hydrogen) atoms. The Morgan fingerprint density at radius 1 is 1.03 bits per heavy atom. The molecule has 1 fully saturated rings. The van der Waals surface area contributed by atoms with Gasteiger partial charge in [0.2, 0.25) is 0 Å². The van der Waals surface area contributed by atoms with E-state index in [1.165, 1.54) is 0 Å². The quantitative estimate of drug-likeness (QED) is 0.620. The minimum Gasteiger partial charge on any atom is -0.480 e. The number of carbonyl (C=O) groups excluding carboxylic acids is 1. The lowest BCUT2D eigenvalue weighted by Crippen LogP contribution is -2.50. The summed E-state index contributed by atoms with van der Waals surface area (Å²) < 4.78 is 5.57. The number of ether oxygens (including phenoxy) is 1.